The molecule has 0 saturated heterocycles. The van der Waals surface area contributed by atoms with Crippen LogP contribution < -0.4 is 22.3 Å². The van der Waals surface area contributed by atoms with Gasteiger partial charge >= 0.3 is 0 Å². The lowest BCUT2D eigenvalue weighted by atomic mass is 9.98. The van der Waals surface area contributed by atoms with Crippen molar-refractivity contribution in [3.63, 3.8) is 0 Å². The van der Waals surface area contributed by atoms with Crippen LogP contribution in [0.4, 0.5) is 0 Å². The first kappa shape index (κ1) is 14.2. The van der Waals surface area contributed by atoms with Crippen LogP contribution in [-0.2, 0) is 0 Å². The number of hydrogen-bond donors (Lipinski definition) is 5. The minimum Gasteiger partial charge on any atom is -0.507 e. The van der Waals surface area contributed by atoms with Gasteiger partial charge in [-0.05, 0) is 29.6 Å². The predicted molar refractivity (Wildman–Crippen MR) is 81.6 cm³/mol. The molecule has 2 aromatic rings. The zero-order valence-electron chi connectivity index (χ0n) is 10.6. The summed E-state index contributed by atoms with van der Waals surface area (Å²) in [5, 5.41) is 19.5. The Labute approximate surface area is 120 Å². The first-order valence-corrected chi connectivity index (χ1v) is 6.64. The Morgan fingerprint density at radius 3 is 2.45 bits per heavy atom. The summed E-state index contributed by atoms with van der Waals surface area (Å²) in [4.78, 5) is 0.738. The highest BCUT2D eigenvalue weighted by molar-refractivity contribution is 7.97. The maximum Gasteiger partial charge on any atom is 0.153 e. The number of nitrogens with one attached hydrogen (secondary N) is 1. The Kier molecular flexibility index (Phi) is 4.46. The molecule has 7 heteroatoms. The van der Waals surface area contributed by atoms with E-state index in [1.54, 1.807) is 18.2 Å². The second-order valence-corrected chi connectivity index (χ2v) is 4.62. The summed E-state index contributed by atoms with van der Waals surface area (Å²) in [5.41, 5.74) is 10.1. The van der Waals surface area contributed by atoms with E-state index < -0.39 is 0 Å². The van der Waals surface area contributed by atoms with E-state index in [0.29, 0.717) is 11.1 Å². The van der Waals surface area contributed by atoms with Gasteiger partial charge in [0.15, 0.2) is 5.84 Å². The molecule has 0 atom stereocenters. The van der Waals surface area contributed by atoms with Crippen molar-refractivity contribution in [1.82, 2.24) is 5.53 Å². The molecule has 0 fully saturated rings. The number of aromatic hydroxyl groups is 1. The van der Waals surface area contributed by atoms with Gasteiger partial charge in [0, 0.05) is 16.0 Å². The van der Waals surface area contributed by atoms with Crippen LogP contribution in [-0.4, -0.2) is 10.9 Å². The number of phenols is 1. The van der Waals surface area contributed by atoms with Crippen LogP contribution in [0.3, 0.4) is 0 Å². The zero-order chi connectivity index (χ0) is 14.5. The molecule has 0 aliphatic heterocycles. The summed E-state index contributed by atoms with van der Waals surface area (Å²) >= 11 is 1.05. The van der Waals surface area contributed by atoms with Gasteiger partial charge in [-0.25, -0.2) is 11.4 Å². The lowest BCUT2D eigenvalue weighted by molar-refractivity contribution is 0.477. The number of phenolic OH excluding ortho intramolecular Hbond substituents is 1. The van der Waals surface area contributed by atoms with Crippen LogP contribution in [0.5, 0.6) is 5.75 Å². The predicted octanol–water partition coefficient (Wildman–Crippen LogP) is 1.11. The molecule has 8 N–H and O–H groups in total. The third kappa shape index (κ3) is 2.69. The molecule has 0 bridgehead atoms. The average molecular weight is 289 g/mol. The fraction of sp³-hybridized carbons (Fsp3) is 0. The first-order chi connectivity index (χ1) is 9.69. The maximum absolute atomic E-state index is 10.0. The average Bonchev–Trinajstić information content (AvgIpc) is 2.47. The maximum atomic E-state index is 10.0. The molecule has 104 valence electrons. The normalized spacial score (nSPS) is 11.4. The van der Waals surface area contributed by atoms with E-state index in [9.17, 15) is 5.11 Å². The number of nitrogens with zero attached hydrogens (tertiary/aromatic N) is 1. The minimum atomic E-state index is 0.154. The van der Waals surface area contributed by atoms with Gasteiger partial charge in [-0.2, -0.15) is 0 Å². The number of benzene rings is 2. The molecule has 6 nitrogen and oxygen atoms in total. The smallest absolute Gasteiger partial charge is 0.153 e. The number of hydrogen-bond acceptors (Lipinski definition) is 6. The monoisotopic (exact) mass is 289 g/mol. The molecule has 0 amide bonds. The van der Waals surface area contributed by atoms with E-state index in [4.69, 9.17) is 16.7 Å². The second-order valence-electron chi connectivity index (χ2n) is 3.94. The molecule has 0 aliphatic carbocycles. The van der Waals surface area contributed by atoms with E-state index in [-0.39, 0.29) is 11.6 Å². The molecule has 0 heterocycles. The molecule has 2 aromatic carbocycles. The molecular formula is C13H15N5OS. The Hall–Kier alpha value is -2.22. The SMILES string of the molecule is NN/N=C(\N)c1c(SN)cccc1-c1ccccc1O. The molecule has 0 saturated carbocycles. The van der Waals surface area contributed by atoms with E-state index >= 15 is 0 Å². The van der Waals surface area contributed by atoms with Crippen LogP contribution in [0.2, 0.25) is 0 Å². The largest absolute Gasteiger partial charge is 0.507 e. The van der Waals surface area contributed by atoms with Gasteiger partial charge in [0.1, 0.15) is 5.75 Å². The topological polar surface area (TPSA) is 123 Å². The number of para-hydroxylation sites is 1. The third-order valence-corrected chi connectivity index (χ3v) is 3.38. The van der Waals surface area contributed by atoms with E-state index in [1.807, 2.05) is 24.3 Å². The Bertz CT molecular complexity index is 644. The highest BCUT2D eigenvalue weighted by Gasteiger charge is 2.15. The number of amidine groups is 1. The van der Waals surface area contributed by atoms with Gasteiger partial charge in [0.05, 0.1) is 0 Å². The number of rotatable bonds is 4. The highest BCUT2D eigenvalue weighted by atomic mass is 32.2. The van der Waals surface area contributed by atoms with Gasteiger partial charge in [-0.15, -0.1) is 5.10 Å². The number of hydrazine groups is 1. The minimum absolute atomic E-state index is 0.154. The lowest BCUT2D eigenvalue weighted by Crippen LogP contribution is -2.24. The second kappa shape index (κ2) is 6.29. The van der Waals surface area contributed by atoms with Gasteiger partial charge in [0.2, 0.25) is 0 Å². The molecule has 0 spiro atoms. The van der Waals surface area contributed by atoms with Crippen molar-refractivity contribution in [3.8, 4) is 16.9 Å². The summed E-state index contributed by atoms with van der Waals surface area (Å²) in [6.07, 6.45) is 0. The van der Waals surface area contributed by atoms with Crippen molar-refractivity contribution in [1.29, 1.82) is 0 Å². The third-order valence-electron chi connectivity index (χ3n) is 2.79. The van der Waals surface area contributed by atoms with Crippen molar-refractivity contribution in [2.75, 3.05) is 0 Å². The molecular weight excluding hydrogens is 274 g/mol. The number of hydrazone groups is 1. The molecule has 0 aliphatic rings. The Morgan fingerprint density at radius 2 is 1.80 bits per heavy atom. The van der Waals surface area contributed by atoms with Crippen molar-refractivity contribution < 1.29 is 5.11 Å². The fourth-order valence-corrected chi connectivity index (χ4v) is 2.43. The summed E-state index contributed by atoms with van der Waals surface area (Å²) in [6, 6.07) is 12.5. The molecule has 0 aromatic heterocycles. The van der Waals surface area contributed by atoms with Gasteiger partial charge < -0.3 is 10.8 Å². The van der Waals surface area contributed by atoms with Crippen molar-refractivity contribution in [2.24, 2.45) is 21.8 Å². The van der Waals surface area contributed by atoms with Crippen molar-refractivity contribution >= 4 is 17.8 Å². The van der Waals surface area contributed by atoms with E-state index in [2.05, 4.69) is 10.6 Å². The van der Waals surface area contributed by atoms with Gasteiger partial charge in [-0.1, -0.05) is 30.3 Å². The van der Waals surface area contributed by atoms with E-state index in [0.717, 1.165) is 22.4 Å². The van der Waals surface area contributed by atoms with Gasteiger partial charge in [-0.3, -0.25) is 5.14 Å². The van der Waals surface area contributed by atoms with Crippen LogP contribution >= 0.6 is 11.9 Å². The molecule has 0 radical (unpaired) electrons. The van der Waals surface area contributed by atoms with E-state index in [1.165, 1.54) is 0 Å². The van der Waals surface area contributed by atoms with Crippen molar-refractivity contribution in [2.45, 2.75) is 4.90 Å². The van der Waals surface area contributed by atoms with Crippen LogP contribution in [0.25, 0.3) is 11.1 Å². The molecule has 2 rings (SSSR count). The standard InChI is InChI=1S/C13H15N5OS/c14-13(17-18-15)12-9(5-3-7-11(12)20-16)8-4-1-2-6-10(8)19/h1-7,18-19H,15-16H2,(H2,14,17). The summed E-state index contributed by atoms with van der Waals surface area (Å²) < 4.78 is 0. The number of nitrogens with two attached hydrogens (primary N) is 3. The molecule has 20 heavy (non-hydrogen) atoms. The summed E-state index contributed by atoms with van der Waals surface area (Å²) in [7, 11) is 0. The summed E-state index contributed by atoms with van der Waals surface area (Å²) in [5.74, 6) is 5.52. The Balaban J connectivity index is 2.71. The van der Waals surface area contributed by atoms with Crippen LogP contribution in [0.1, 0.15) is 5.56 Å². The van der Waals surface area contributed by atoms with Crippen LogP contribution in [0.15, 0.2) is 52.5 Å². The van der Waals surface area contributed by atoms with Crippen LogP contribution in [0, 0.1) is 0 Å². The van der Waals surface area contributed by atoms with Crippen molar-refractivity contribution in [3.05, 3.63) is 48.0 Å². The zero-order valence-corrected chi connectivity index (χ0v) is 11.4. The quantitative estimate of drug-likeness (QED) is 0.189. The Morgan fingerprint density at radius 1 is 1.10 bits per heavy atom. The van der Waals surface area contributed by atoms with Gasteiger partial charge in [0.25, 0.3) is 0 Å². The highest BCUT2D eigenvalue weighted by Crippen LogP contribution is 2.34. The summed E-state index contributed by atoms with van der Waals surface area (Å²) in [6.45, 7) is 0. The first-order valence-electron chi connectivity index (χ1n) is 5.76. The fourth-order valence-electron chi connectivity index (χ4n) is 1.94. The molecule has 0 unspecified atom stereocenters. The lowest BCUT2D eigenvalue weighted by Gasteiger charge is -2.14.